The molecule has 2 heterocycles. The standard InChI is InChI=1S/C14H9N3O3S/c18-8-11-7-16(15-14(11)10-5-6-21-9-10)12-3-1-2-4-13(12)17(19)20/h1-9H. The Hall–Kier alpha value is -2.80. The van der Waals surface area contributed by atoms with E-state index in [1.165, 1.54) is 28.3 Å². The van der Waals surface area contributed by atoms with E-state index in [0.717, 1.165) is 5.56 Å². The summed E-state index contributed by atoms with van der Waals surface area (Å²) in [5, 5.41) is 19.2. The van der Waals surface area contributed by atoms with E-state index in [1.807, 2.05) is 16.8 Å². The minimum atomic E-state index is -0.470. The summed E-state index contributed by atoms with van der Waals surface area (Å²) in [5.74, 6) is 0. The number of nitro benzene ring substituents is 1. The number of carbonyl (C=O) groups is 1. The van der Waals surface area contributed by atoms with Gasteiger partial charge < -0.3 is 0 Å². The summed E-state index contributed by atoms with van der Waals surface area (Å²) in [7, 11) is 0. The normalized spacial score (nSPS) is 10.5. The number of hydrogen-bond donors (Lipinski definition) is 0. The van der Waals surface area contributed by atoms with Gasteiger partial charge in [0.05, 0.1) is 10.5 Å². The fraction of sp³-hybridized carbons (Fsp3) is 0. The van der Waals surface area contributed by atoms with Crippen LogP contribution in [0.25, 0.3) is 16.9 Å². The Morgan fingerprint density at radius 3 is 2.76 bits per heavy atom. The Morgan fingerprint density at radius 2 is 2.10 bits per heavy atom. The number of rotatable bonds is 4. The van der Waals surface area contributed by atoms with Gasteiger partial charge in [0.2, 0.25) is 0 Å². The van der Waals surface area contributed by atoms with Gasteiger partial charge in [0.25, 0.3) is 5.69 Å². The lowest BCUT2D eigenvalue weighted by atomic mass is 10.2. The maximum Gasteiger partial charge on any atom is 0.294 e. The molecule has 0 unspecified atom stereocenters. The van der Waals surface area contributed by atoms with Gasteiger partial charge in [-0.2, -0.15) is 16.4 Å². The molecule has 104 valence electrons. The van der Waals surface area contributed by atoms with Crippen LogP contribution < -0.4 is 0 Å². The van der Waals surface area contributed by atoms with E-state index in [-0.39, 0.29) is 5.69 Å². The number of thiophene rings is 1. The molecule has 0 amide bonds. The smallest absolute Gasteiger partial charge is 0.294 e. The van der Waals surface area contributed by atoms with Crippen molar-refractivity contribution in [2.45, 2.75) is 0 Å². The average molecular weight is 299 g/mol. The van der Waals surface area contributed by atoms with Crippen LogP contribution in [-0.4, -0.2) is 21.0 Å². The van der Waals surface area contributed by atoms with Crippen molar-refractivity contribution in [2.75, 3.05) is 0 Å². The largest absolute Gasteiger partial charge is 0.298 e. The van der Waals surface area contributed by atoms with Crippen molar-refractivity contribution in [1.82, 2.24) is 9.78 Å². The van der Waals surface area contributed by atoms with Crippen LogP contribution in [0.15, 0.2) is 47.3 Å². The number of carbonyl (C=O) groups excluding carboxylic acids is 1. The lowest BCUT2D eigenvalue weighted by molar-refractivity contribution is -0.384. The predicted molar refractivity (Wildman–Crippen MR) is 78.9 cm³/mol. The Kier molecular flexibility index (Phi) is 3.33. The maximum absolute atomic E-state index is 11.2. The lowest BCUT2D eigenvalue weighted by Crippen LogP contribution is -2.00. The van der Waals surface area contributed by atoms with Crippen LogP contribution in [0.4, 0.5) is 5.69 Å². The molecule has 7 heteroatoms. The minimum Gasteiger partial charge on any atom is -0.298 e. The molecule has 0 radical (unpaired) electrons. The number of aromatic nitrogens is 2. The first-order valence-corrected chi connectivity index (χ1v) is 6.96. The molecule has 0 bridgehead atoms. The first kappa shape index (κ1) is 13.2. The highest BCUT2D eigenvalue weighted by Gasteiger charge is 2.18. The summed E-state index contributed by atoms with van der Waals surface area (Å²) in [6, 6.07) is 8.13. The molecule has 0 aliphatic carbocycles. The van der Waals surface area contributed by atoms with Crippen LogP contribution in [0.2, 0.25) is 0 Å². The summed E-state index contributed by atoms with van der Waals surface area (Å²) in [5.41, 5.74) is 2.00. The molecule has 0 fully saturated rings. The molecular weight excluding hydrogens is 290 g/mol. The fourth-order valence-electron chi connectivity index (χ4n) is 2.03. The molecule has 2 aromatic heterocycles. The number of hydrogen-bond acceptors (Lipinski definition) is 5. The Balaban J connectivity index is 2.17. The molecule has 6 nitrogen and oxygen atoms in total. The molecule has 0 saturated heterocycles. The summed E-state index contributed by atoms with van der Waals surface area (Å²) in [6.45, 7) is 0. The maximum atomic E-state index is 11.2. The van der Waals surface area contributed by atoms with E-state index in [9.17, 15) is 14.9 Å². The highest BCUT2D eigenvalue weighted by Crippen LogP contribution is 2.27. The van der Waals surface area contributed by atoms with Crippen LogP contribution >= 0.6 is 11.3 Å². The van der Waals surface area contributed by atoms with Gasteiger partial charge in [-0.15, -0.1) is 0 Å². The van der Waals surface area contributed by atoms with Crippen LogP contribution in [0.1, 0.15) is 10.4 Å². The second-order valence-corrected chi connectivity index (χ2v) is 5.03. The Bertz CT molecular complexity index is 809. The number of para-hydroxylation sites is 2. The lowest BCUT2D eigenvalue weighted by Gasteiger charge is -2.01. The van der Waals surface area contributed by atoms with Crippen molar-refractivity contribution in [3.8, 4) is 16.9 Å². The fourth-order valence-corrected chi connectivity index (χ4v) is 2.67. The first-order chi connectivity index (χ1) is 10.2. The quantitative estimate of drug-likeness (QED) is 0.420. The Labute approximate surface area is 123 Å². The predicted octanol–water partition coefficient (Wildman–Crippen LogP) is 3.32. The zero-order valence-electron chi connectivity index (χ0n) is 10.7. The third-order valence-electron chi connectivity index (χ3n) is 2.99. The van der Waals surface area contributed by atoms with E-state index < -0.39 is 4.92 Å². The van der Waals surface area contributed by atoms with Crippen LogP contribution in [0.3, 0.4) is 0 Å². The van der Waals surface area contributed by atoms with Crippen LogP contribution in [-0.2, 0) is 0 Å². The van der Waals surface area contributed by atoms with Crippen LogP contribution in [0.5, 0.6) is 0 Å². The van der Waals surface area contributed by atoms with E-state index in [4.69, 9.17) is 0 Å². The van der Waals surface area contributed by atoms with Gasteiger partial charge >= 0.3 is 0 Å². The summed E-state index contributed by atoms with van der Waals surface area (Å²) >= 11 is 1.49. The van der Waals surface area contributed by atoms with Crippen LogP contribution in [0, 0.1) is 10.1 Å². The number of nitrogens with zero attached hydrogens (tertiary/aromatic N) is 3. The van der Waals surface area contributed by atoms with Crippen molar-refractivity contribution >= 4 is 23.3 Å². The Morgan fingerprint density at radius 1 is 1.29 bits per heavy atom. The zero-order valence-corrected chi connectivity index (χ0v) is 11.5. The monoisotopic (exact) mass is 299 g/mol. The molecule has 0 spiro atoms. The third-order valence-corrected chi connectivity index (χ3v) is 3.67. The first-order valence-electron chi connectivity index (χ1n) is 6.02. The SMILES string of the molecule is O=Cc1cn(-c2ccccc2[N+](=O)[O-])nc1-c1ccsc1. The van der Waals surface area contributed by atoms with Gasteiger partial charge in [0.15, 0.2) is 6.29 Å². The van der Waals surface area contributed by atoms with Gasteiger partial charge in [0.1, 0.15) is 11.4 Å². The number of nitro groups is 1. The molecule has 0 N–H and O–H groups in total. The van der Waals surface area contributed by atoms with Crippen molar-refractivity contribution in [3.63, 3.8) is 0 Å². The topological polar surface area (TPSA) is 78.0 Å². The molecule has 0 aliphatic rings. The molecule has 0 atom stereocenters. The zero-order chi connectivity index (χ0) is 14.8. The minimum absolute atomic E-state index is 0.0608. The second-order valence-electron chi connectivity index (χ2n) is 4.25. The summed E-state index contributed by atoms with van der Waals surface area (Å²) in [6.07, 6.45) is 2.20. The van der Waals surface area contributed by atoms with Gasteiger partial charge in [-0.05, 0) is 17.5 Å². The van der Waals surface area contributed by atoms with Gasteiger partial charge in [-0.25, -0.2) is 4.68 Å². The molecule has 0 saturated carbocycles. The van der Waals surface area contributed by atoms with E-state index >= 15 is 0 Å². The van der Waals surface area contributed by atoms with E-state index in [0.29, 0.717) is 23.2 Å². The van der Waals surface area contributed by atoms with E-state index in [1.54, 1.807) is 18.2 Å². The van der Waals surface area contributed by atoms with Gasteiger partial charge in [-0.1, -0.05) is 12.1 Å². The van der Waals surface area contributed by atoms with E-state index in [2.05, 4.69) is 5.10 Å². The second kappa shape index (κ2) is 5.29. The highest BCUT2D eigenvalue weighted by molar-refractivity contribution is 7.08. The van der Waals surface area contributed by atoms with Crippen molar-refractivity contribution < 1.29 is 9.72 Å². The third kappa shape index (κ3) is 2.34. The highest BCUT2D eigenvalue weighted by atomic mass is 32.1. The molecule has 3 aromatic rings. The molecular formula is C14H9N3O3S. The summed E-state index contributed by atoms with van der Waals surface area (Å²) in [4.78, 5) is 21.8. The van der Waals surface area contributed by atoms with Crippen molar-refractivity contribution in [1.29, 1.82) is 0 Å². The molecule has 0 aliphatic heterocycles. The van der Waals surface area contributed by atoms with Gasteiger partial charge in [0, 0.05) is 23.2 Å². The average Bonchev–Trinajstić information content (AvgIpc) is 3.15. The molecule has 1 aromatic carbocycles. The summed E-state index contributed by atoms with van der Waals surface area (Å²) < 4.78 is 1.37. The molecule has 21 heavy (non-hydrogen) atoms. The van der Waals surface area contributed by atoms with Crippen molar-refractivity contribution in [3.05, 3.63) is 63.0 Å². The number of benzene rings is 1. The van der Waals surface area contributed by atoms with Crippen molar-refractivity contribution in [2.24, 2.45) is 0 Å². The van der Waals surface area contributed by atoms with Gasteiger partial charge in [-0.3, -0.25) is 14.9 Å². The number of aldehydes is 1. The molecule has 3 rings (SSSR count).